The van der Waals surface area contributed by atoms with Crippen molar-refractivity contribution in [1.82, 2.24) is 28.7 Å². The zero-order chi connectivity index (χ0) is 41.4. The zero-order valence-electron chi connectivity index (χ0n) is 34.0. The third-order valence-electron chi connectivity index (χ3n) is 12.5. The Hall–Kier alpha value is -8.61. The lowest BCUT2D eigenvalue weighted by Crippen LogP contribution is -2.00. The monoisotopic (exact) mass is 804 g/mol. The van der Waals surface area contributed by atoms with Crippen molar-refractivity contribution in [3.8, 4) is 51.2 Å². The van der Waals surface area contributed by atoms with E-state index in [-0.39, 0.29) is 0 Å². The first-order valence-electron chi connectivity index (χ1n) is 21.3. The van der Waals surface area contributed by atoms with Gasteiger partial charge < -0.3 is 13.7 Å². The van der Waals surface area contributed by atoms with Gasteiger partial charge >= 0.3 is 0 Å². The van der Waals surface area contributed by atoms with Crippen LogP contribution in [-0.2, 0) is 0 Å². The summed E-state index contributed by atoms with van der Waals surface area (Å²) in [5, 5.41) is 7.19. The molecule has 0 aliphatic heterocycles. The van der Waals surface area contributed by atoms with E-state index in [2.05, 4.69) is 171 Å². The third kappa shape index (κ3) is 5.48. The highest BCUT2D eigenvalue weighted by Crippen LogP contribution is 2.44. The van der Waals surface area contributed by atoms with E-state index in [0.717, 1.165) is 55.7 Å². The van der Waals surface area contributed by atoms with Crippen LogP contribution in [0.5, 0.6) is 0 Å². The molecule has 9 aromatic carbocycles. The maximum Gasteiger partial charge on any atom is 0.164 e. The number of benzene rings is 9. The van der Waals surface area contributed by atoms with E-state index in [1.54, 1.807) is 0 Å². The molecule has 4 aromatic heterocycles. The summed E-state index contributed by atoms with van der Waals surface area (Å²) in [7, 11) is 0. The van der Waals surface area contributed by atoms with Crippen LogP contribution >= 0.6 is 0 Å². The topological polar surface area (TPSA) is 53.5 Å². The van der Waals surface area contributed by atoms with Crippen LogP contribution in [0.4, 0.5) is 0 Å². The maximum absolute atomic E-state index is 5.13. The predicted octanol–water partition coefficient (Wildman–Crippen LogP) is 14.2. The summed E-state index contributed by atoms with van der Waals surface area (Å²) in [5.74, 6) is 1.90. The Morgan fingerprint density at radius 3 is 1.33 bits per heavy atom. The quantitative estimate of drug-likeness (QED) is 0.168. The standard InChI is InChI=1S/C57H36N6/c1-5-17-37(18-6-1)55-58-56(38-19-7-2-8-20-38)60-57(59-55)39-29-31-46-52(35-39)62(41-23-11-4-12-24-41)51-34-32-45-43-25-13-16-28-49(43)63(54(45)53(46)51)42-30-33-50-47(36-42)44-26-14-15-27-48(44)61(50)40-21-9-3-10-22-40/h1-36H. The highest BCUT2D eigenvalue weighted by molar-refractivity contribution is 6.26. The van der Waals surface area contributed by atoms with Crippen molar-refractivity contribution >= 4 is 65.4 Å². The van der Waals surface area contributed by atoms with Gasteiger partial charge in [0.1, 0.15) is 0 Å². The summed E-state index contributed by atoms with van der Waals surface area (Å²) < 4.78 is 7.25. The Labute approximate surface area is 362 Å². The van der Waals surface area contributed by atoms with Crippen LogP contribution < -0.4 is 0 Å². The van der Waals surface area contributed by atoms with Gasteiger partial charge in [0.2, 0.25) is 0 Å². The molecule has 0 aliphatic carbocycles. The number of rotatable bonds is 6. The zero-order valence-corrected chi connectivity index (χ0v) is 34.0. The Morgan fingerprint density at radius 1 is 0.254 bits per heavy atom. The lowest BCUT2D eigenvalue weighted by Gasteiger charge is -2.11. The van der Waals surface area contributed by atoms with E-state index >= 15 is 0 Å². The van der Waals surface area contributed by atoms with Crippen molar-refractivity contribution in [2.75, 3.05) is 0 Å². The maximum atomic E-state index is 5.13. The average molecular weight is 805 g/mol. The van der Waals surface area contributed by atoms with Crippen LogP contribution in [0.1, 0.15) is 0 Å². The molecule has 4 heterocycles. The normalized spacial score (nSPS) is 11.8. The minimum absolute atomic E-state index is 0.622. The molecule has 0 fully saturated rings. The van der Waals surface area contributed by atoms with Crippen molar-refractivity contribution in [2.45, 2.75) is 0 Å². The van der Waals surface area contributed by atoms with Gasteiger partial charge in [-0.05, 0) is 66.7 Å². The number of fused-ring (bicyclic) bond motifs is 10. The summed E-state index contributed by atoms with van der Waals surface area (Å²) in [6, 6.07) is 77.4. The molecular formula is C57H36N6. The van der Waals surface area contributed by atoms with Gasteiger partial charge in [0.15, 0.2) is 17.5 Å². The first-order chi connectivity index (χ1) is 31.3. The van der Waals surface area contributed by atoms with Gasteiger partial charge in [-0.3, -0.25) is 0 Å². The molecule has 0 saturated carbocycles. The Kier molecular flexibility index (Phi) is 7.80. The molecule has 6 nitrogen and oxygen atoms in total. The Morgan fingerprint density at radius 2 is 0.714 bits per heavy atom. The van der Waals surface area contributed by atoms with E-state index in [1.807, 2.05) is 60.7 Å². The fourth-order valence-electron chi connectivity index (χ4n) is 9.71. The number of hydrogen-bond donors (Lipinski definition) is 0. The van der Waals surface area contributed by atoms with E-state index in [1.165, 1.54) is 43.5 Å². The number of hydrogen-bond acceptors (Lipinski definition) is 3. The minimum atomic E-state index is 0.622. The molecule has 0 aliphatic rings. The molecule has 13 rings (SSSR count). The highest BCUT2D eigenvalue weighted by Gasteiger charge is 2.23. The van der Waals surface area contributed by atoms with Crippen LogP contribution in [0.15, 0.2) is 218 Å². The van der Waals surface area contributed by atoms with Gasteiger partial charge in [-0.2, -0.15) is 0 Å². The van der Waals surface area contributed by atoms with Gasteiger partial charge in [-0.25, -0.2) is 15.0 Å². The summed E-state index contributed by atoms with van der Waals surface area (Å²) in [6.07, 6.45) is 0. The molecule has 0 N–H and O–H groups in total. The second-order valence-corrected chi connectivity index (χ2v) is 16.0. The second kappa shape index (κ2) is 14.0. The fourth-order valence-corrected chi connectivity index (χ4v) is 9.71. The molecular weight excluding hydrogens is 769 g/mol. The third-order valence-corrected chi connectivity index (χ3v) is 12.5. The second-order valence-electron chi connectivity index (χ2n) is 16.0. The van der Waals surface area contributed by atoms with Crippen molar-refractivity contribution in [2.24, 2.45) is 0 Å². The van der Waals surface area contributed by atoms with Crippen molar-refractivity contribution < 1.29 is 0 Å². The van der Waals surface area contributed by atoms with Crippen LogP contribution in [-0.4, -0.2) is 28.7 Å². The molecule has 0 atom stereocenters. The summed E-state index contributed by atoms with van der Waals surface area (Å²) in [6.45, 7) is 0. The van der Waals surface area contributed by atoms with Crippen LogP contribution in [0.25, 0.3) is 117 Å². The lowest BCUT2D eigenvalue weighted by atomic mass is 10.1. The van der Waals surface area contributed by atoms with Gasteiger partial charge in [0.05, 0.1) is 33.1 Å². The van der Waals surface area contributed by atoms with Gasteiger partial charge in [0, 0.05) is 66.1 Å². The number of aromatic nitrogens is 6. The van der Waals surface area contributed by atoms with E-state index in [0.29, 0.717) is 17.5 Å². The molecule has 6 heteroatoms. The van der Waals surface area contributed by atoms with E-state index in [4.69, 9.17) is 15.0 Å². The number of para-hydroxylation sites is 4. The molecule has 0 radical (unpaired) electrons. The number of nitrogens with zero attached hydrogens (tertiary/aromatic N) is 6. The van der Waals surface area contributed by atoms with Crippen molar-refractivity contribution in [1.29, 1.82) is 0 Å². The first-order valence-corrected chi connectivity index (χ1v) is 21.3. The lowest BCUT2D eigenvalue weighted by molar-refractivity contribution is 1.07. The largest absolute Gasteiger partial charge is 0.309 e. The van der Waals surface area contributed by atoms with Crippen LogP contribution in [0.2, 0.25) is 0 Å². The van der Waals surface area contributed by atoms with Gasteiger partial charge in [-0.15, -0.1) is 0 Å². The van der Waals surface area contributed by atoms with Gasteiger partial charge in [0.25, 0.3) is 0 Å². The molecule has 0 amide bonds. The summed E-state index contributed by atoms with van der Waals surface area (Å²) in [4.78, 5) is 15.2. The first kappa shape index (κ1) is 35.2. The predicted molar refractivity (Wildman–Crippen MR) is 259 cm³/mol. The molecule has 0 spiro atoms. The molecule has 294 valence electrons. The molecule has 0 saturated heterocycles. The smallest absolute Gasteiger partial charge is 0.164 e. The molecule has 0 unspecified atom stereocenters. The summed E-state index contributed by atoms with van der Waals surface area (Å²) >= 11 is 0. The molecule has 0 bridgehead atoms. The van der Waals surface area contributed by atoms with E-state index < -0.39 is 0 Å². The molecule has 13 aromatic rings. The minimum Gasteiger partial charge on any atom is -0.309 e. The van der Waals surface area contributed by atoms with E-state index in [9.17, 15) is 0 Å². The molecule has 63 heavy (non-hydrogen) atoms. The highest BCUT2D eigenvalue weighted by atomic mass is 15.0. The van der Waals surface area contributed by atoms with Crippen molar-refractivity contribution in [3.63, 3.8) is 0 Å². The SMILES string of the molecule is c1ccc(-c2nc(-c3ccccc3)nc(-c3ccc4c5c(ccc6c7ccccc7n(-c7ccc8c(c7)c7ccccc7n8-c7ccccc7)c65)n(-c5ccccc5)c4c3)n2)cc1. The van der Waals surface area contributed by atoms with Crippen LogP contribution in [0, 0.1) is 0 Å². The van der Waals surface area contributed by atoms with Crippen molar-refractivity contribution in [3.05, 3.63) is 218 Å². The van der Waals surface area contributed by atoms with Gasteiger partial charge in [-0.1, -0.05) is 152 Å². The Bertz CT molecular complexity index is 3830. The summed E-state index contributed by atoms with van der Waals surface area (Å²) in [5.41, 5.74) is 13.0. The van der Waals surface area contributed by atoms with Crippen LogP contribution in [0.3, 0.4) is 0 Å². The average Bonchev–Trinajstić information content (AvgIpc) is 4.00. The fraction of sp³-hybridized carbons (Fsp3) is 0. The Balaban J connectivity index is 1.10.